The molecule has 5 heteroatoms. The SMILES string of the molecule is CCO[Si](C)(CCN(CC)[Si](C)(C)C)OCC. The summed E-state index contributed by atoms with van der Waals surface area (Å²) in [5.41, 5.74) is 0. The third kappa shape index (κ3) is 6.71. The summed E-state index contributed by atoms with van der Waals surface area (Å²) in [6, 6.07) is 1.08. The van der Waals surface area contributed by atoms with Gasteiger partial charge in [0.05, 0.1) is 0 Å². The predicted octanol–water partition coefficient (Wildman–Crippen LogP) is 3.29. The summed E-state index contributed by atoms with van der Waals surface area (Å²) in [5.74, 6) is 0. The monoisotopic (exact) mass is 277 g/mol. The molecule has 0 spiro atoms. The van der Waals surface area contributed by atoms with Crippen LogP contribution in [0.4, 0.5) is 0 Å². The van der Waals surface area contributed by atoms with E-state index in [-0.39, 0.29) is 0 Å². The zero-order valence-electron chi connectivity index (χ0n) is 12.8. The minimum absolute atomic E-state index is 0.766. The lowest BCUT2D eigenvalue weighted by atomic mass is 10.7. The van der Waals surface area contributed by atoms with Crippen molar-refractivity contribution in [3.05, 3.63) is 0 Å². The molecule has 104 valence electrons. The van der Waals surface area contributed by atoms with Crippen molar-refractivity contribution in [2.75, 3.05) is 26.3 Å². The number of hydrogen-bond donors (Lipinski definition) is 0. The predicted molar refractivity (Wildman–Crippen MR) is 80.3 cm³/mol. The topological polar surface area (TPSA) is 21.7 Å². The smallest absolute Gasteiger partial charge is 0.336 e. The standard InChI is InChI=1S/C12H31NO2Si2/c1-8-13(16(4,5)6)11-12-17(7,14-9-2)15-10-3/h8-12H2,1-7H3. The molecule has 0 amide bonds. The molecule has 0 unspecified atom stereocenters. The molecule has 0 aliphatic heterocycles. The first kappa shape index (κ1) is 17.3. The van der Waals surface area contributed by atoms with Crippen LogP contribution in [0.2, 0.25) is 32.2 Å². The highest BCUT2D eigenvalue weighted by Gasteiger charge is 2.33. The summed E-state index contributed by atoms with van der Waals surface area (Å²) in [6.07, 6.45) is 0. The molecule has 0 aromatic heterocycles. The maximum atomic E-state index is 5.88. The lowest BCUT2D eigenvalue weighted by Crippen LogP contribution is -2.49. The summed E-state index contributed by atoms with van der Waals surface area (Å²) < 4.78 is 14.4. The molecule has 0 fully saturated rings. The zero-order valence-corrected chi connectivity index (χ0v) is 14.8. The largest absolute Gasteiger partial charge is 0.395 e. The van der Waals surface area contributed by atoms with Gasteiger partial charge in [-0.15, -0.1) is 0 Å². The summed E-state index contributed by atoms with van der Waals surface area (Å²) in [5, 5.41) is 0. The lowest BCUT2D eigenvalue weighted by Gasteiger charge is -2.35. The summed E-state index contributed by atoms with van der Waals surface area (Å²) in [6.45, 7) is 19.5. The van der Waals surface area contributed by atoms with E-state index in [2.05, 4.69) is 51.5 Å². The van der Waals surface area contributed by atoms with E-state index in [0.717, 1.165) is 32.3 Å². The van der Waals surface area contributed by atoms with Crippen molar-refractivity contribution in [3.8, 4) is 0 Å². The highest BCUT2D eigenvalue weighted by Crippen LogP contribution is 2.17. The number of hydrogen-bond acceptors (Lipinski definition) is 3. The highest BCUT2D eigenvalue weighted by molar-refractivity contribution is 6.73. The first-order chi connectivity index (χ1) is 7.79. The molecule has 0 heterocycles. The van der Waals surface area contributed by atoms with Crippen LogP contribution in [0.15, 0.2) is 0 Å². The molecule has 0 bridgehead atoms. The van der Waals surface area contributed by atoms with E-state index in [1.165, 1.54) is 0 Å². The van der Waals surface area contributed by atoms with Crippen LogP contribution < -0.4 is 0 Å². The molecule has 0 N–H and O–H groups in total. The van der Waals surface area contributed by atoms with E-state index in [1.54, 1.807) is 0 Å². The molecule has 0 aliphatic carbocycles. The minimum Gasteiger partial charge on any atom is -0.395 e. The van der Waals surface area contributed by atoms with Gasteiger partial charge in [-0.1, -0.05) is 26.6 Å². The molecule has 0 aromatic rings. The molecule has 0 aromatic carbocycles. The van der Waals surface area contributed by atoms with Crippen LogP contribution in [0.5, 0.6) is 0 Å². The Labute approximate surface area is 110 Å². The molecule has 3 nitrogen and oxygen atoms in total. The molecule has 0 radical (unpaired) electrons. The van der Waals surface area contributed by atoms with Crippen LogP contribution in [-0.2, 0) is 8.85 Å². The zero-order chi connectivity index (χ0) is 13.5. The summed E-state index contributed by atoms with van der Waals surface area (Å²) in [7, 11) is -3.11. The molecule has 0 rings (SSSR count). The van der Waals surface area contributed by atoms with E-state index in [0.29, 0.717) is 0 Å². The fourth-order valence-electron chi connectivity index (χ4n) is 2.10. The second kappa shape index (κ2) is 7.68. The van der Waals surface area contributed by atoms with Gasteiger partial charge in [0.15, 0.2) is 0 Å². The quantitative estimate of drug-likeness (QED) is 0.604. The van der Waals surface area contributed by atoms with E-state index < -0.39 is 16.8 Å². The van der Waals surface area contributed by atoms with Crippen molar-refractivity contribution in [2.45, 2.75) is 53.0 Å². The molecule has 0 aliphatic rings. The Bertz CT molecular complexity index is 201. The van der Waals surface area contributed by atoms with Crippen molar-refractivity contribution in [1.82, 2.24) is 4.57 Å². The maximum absolute atomic E-state index is 5.88. The maximum Gasteiger partial charge on any atom is 0.336 e. The van der Waals surface area contributed by atoms with E-state index in [4.69, 9.17) is 8.85 Å². The van der Waals surface area contributed by atoms with Crippen LogP contribution in [0.1, 0.15) is 20.8 Å². The van der Waals surface area contributed by atoms with Gasteiger partial charge in [-0.25, -0.2) is 0 Å². The Morgan fingerprint density at radius 1 is 0.882 bits per heavy atom. The van der Waals surface area contributed by atoms with Gasteiger partial charge in [-0.3, -0.25) is 0 Å². The summed E-state index contributed by atoms with van der Waals surface area (Å²) >= 11 is 0. The van der Waals surface area contributed by atoms with Crippen molar-refractivity contribution >= 4 is 16.8 Å². The van der Waals surface area contributed by atoms with E-state index in [9.17, 15) is 0 Å². The highest BCUT2D eigenvalue weighted by atomic mass is 28.4. The van der Waals surface area contributed by atoms with Crippen LogP contribution in [0, 0.1) is 0 Å². The van der Waals surface area contributed by atoms with Gasteiger partial charge in [0, 0.05) is 19.3 Å². The minimum atomic E-state index is -1.93. The van der Waals surface area contributed by atoms with Gasteiger partial charge in [0.2, 0.25) is 0 Å². The second-order valence-electron chi connectivity index (χ2n) is 5.50. The van der Waals surface area contributed by atoms with Crippen molar-refractivity contribution < 1.29 is 8.85 Å². The van der Waals surface area contributed by atoms with Gasteiger partial charge in [0.1, 0.15) is 8.24 Å². The first-order valence-corrected chi connectivity index (χ1v) is 12.8. The van der Waals surface area contributed by atoms with Crippen molar-refractivity contribution in [1.29, 1.82) is 0 Å². The van der Waals surface area contributed by atoms with Gasteiger partial charge < -0.3 is 13.4 Å². The van der Waals surface area contributed by atoms with Gasteiger partial charge >= 0.3 is 8.56 Å². The third-order valence-corrected chi connectivity index (χ3v) is 8.43. The lowest BCUT2D eigenvalue weighted by molar-refractivity contribution is 0.186. The summed E-state index contributed by atoms with van der Waals surface area (Å²) in [4.78, 5) is 0. The average Bonchev–Trinajstić information content (AvgIpc) is 2.17. The van der Waals surface area contributed by atoms with E-state index >= 15 is 0 Å². The third-order valence-electron chi connectivity index (χ3n) is 3.07. The Morgan fingerprint density at radius 3 is 1.65 bits per heavy atom. The fraction of sp³-hybridized carbons (Fsp3) is 1.00. The van der Waals surface area contributed by atoms with Crippen LogP contribution >= 0.6 is 0 Å². The Hall–Kier alpha value is 0.314. The fourth-order valence-corrected chi connectivity index (χ4v) is 6.33. The molecule has 17 heavy (non-hydrogen) atoms. The first-order valence-electron chi connectivity index (χ1n) is 6.82. The average molecular weight is 278 g/mol. The number of rotatable bonds is 9. The Balaban J connectivity index is 4.37. The van der Waals surface area contributed by atoms with Crippen molar-refractivity contribution in [2.24, 2.45) is 0 Å². The Kier molecular flexibility index (Phi) is 7.83. The second-order valence-corrected chi connectivity index (χ2v) is 13.8. The number of nitrogens with zero attached hydrogens (tertiary/aromatic N) is 1. The van der Waals surface area contributed by atoms with Crippen molar-refractivity contribution in [3.63, 3.8) is 0 Å². The normalized spacial score (nSPS) is 13.4. The van der Waals surface area contributed by atoms with Gasteiger partial charge in [0.25, 0.3) is 0 Å². The van der Waals surface area contributed by atoms with E-state index in [1.807, 2.05) is 0 Å². The molecule has 0 saturated carbocycles. The molecular weight excluding hydrogens is 246 g/mol. The van der Waals surface area contributed by atoms with Crippen LogP contribution in [0.25, 0.3) is 0 Å². The Morgan fingerprint density at radius 2 is 1.35 bits per heavy atom. The molecule has 0 atom stereocenters. The van der Waals surface area contributed by atoms with Crippen LogP contribution in [-0.4, -0.2) is 47.7 Å². The molecular formula is C12H31NO2Si2. The molecule has 0 saturated heterocycles. The van der Waals surface area contributed by atoms with Crippen LogP contribution in [0.3, 0.4) is 0 Å². The van der Waals surface area contributed by atoms with Gasteiger partial charge in [-0.05, 0) is 33.5 Å². The van der Waals surface area contributed by atoms with Gasteiger partial charge in [-0.2, -0.15) is 0 Å².